The van der Waals surface area contributed by atoms with Gasteiger partial charge in [-0.25, -0.2) is 8.42 Å². The molecule has 0 saturated carbocycles. The molecule has 1 aromatic carbocycles. The van der Waals surface area contributed by atoms with E-state index in [9.17, 15) is 13.2 Å². The van der Waals surface area contributed by atoms with Crippen molar-refractivity contribution in [3.05, 3.63) is 35.4 Å². The van der Waals surface area contributed by atoms with Crippen LogP contribution in [0.2, 0.25) is 0 Å². The number of quaternary nitrogens is 2. The van der Waals surface area contributed by atoms with Crippen molar-refractivity contribution in [2.24, 2.45) is 0 Å². The maximum Gasteiger partial charge on any atom is 0.275 e. The van der Waals surface area contributed by atoms with Crippen molar-refractivity contribution in [1.29, 1.82) is 0 Å². The number of sulfone groups is 1. The molecule has 0 bridgehead atoms. The lowest BCUT2D eigenvalue weighted by Gasteiger charge is -2.30. The second-order valence-electron chi connectivity index (χ2n) is 9.20. The normalized spacial score (nSPS) is 29.7. The molecular weight excluding hydrogens is 374 g/mol. The van der Waals surface area contributed by atoms with Crippen molar-refractivity contribution in [2.75, 3.05) is 44.2 Å². The average Bonchev–Trinajstić information content (AvgIpc) is 2.89. The highest BCUT2D eigenvalue weighted by atomic mass is 32.2. The molecule has 0 radical (unpaired) electrons. The van der Waals surface area contributed by atoms with E-state index in [2.05, 4.69) is 43.4 Å². The molecule has 2 aliphatic rings. The lowest BCUT2D eigenvalue weighted by Crippen LogP contribution is -3.28. The fraction of sp³-hybridized carbons (Fsp3) is 0.667. The van der Waals surface area contributed by atoms with Crippen LogP contribution in [0.5, 0.6) is 0 Å². The first-order chi connectivity index (χ1) is 13.1. The first-order valence-electron chi connectivity index (χ1n) is 10.4. The Hall–Kier alpha value is -1.44. The highest BCUT2D eigenvalue weighted by molar-refractivity contribution is 7.91. The second kappa shape index (κ2) is 8.51. The lowest BCUT2D eigenvalue weighted by molar-refractivity contribution is -1.02. The molecule has 156 valence electrons. The van der Waals surface area contributed by atoms with Gasteiger partial charge in [-0.3, -0.25) is 4.79 Å². The summed E-state index contributed by atoms with van der Waals surface area (Å²) in [6, 6.07) is 8.95. The molecule has 0 spiro atoms. The van der Waals surface area contributed by atoms with Crippen molar-refractivity contribution >= 4 is 15.7 Å². The fourth-order valence-corrected chi connectivity index (χ4v) is 6.43. The molecule has 0 aliphatic carbocycles. The van der Waals surface area contributed by atoms with Crippen molar-refractivity contribution < 1.29 is 23.0 Å². The van der Waals surface area contributed by atoms with Crippen LogP contribution >= 0.6 is 0 Å². The molecule has 1 amide bonds. The Balaban J connectivity index is 1.42. The Bertz CT molecular complexity index is 784. The number of hydrogen-bond donors (Lipinski definition) is 3. The van der Waals surface area contributed by atoms with E-state index in [1.807, 2.05) is 6.92 Å². The molecule has 6 nitrogen and oxygen atoms in total. The third-order valence-corrected chi connectivity index (χ3v) is 8.02. The fourth-order valence-electron chi connectivity index (χ4n) is 4.34. The Kier molecular flexibility index (Phi) is 6.47. The third-order valence-electron chi connectivity index (χ3n) is 6.12. The summed E-state index contributed by atoms with van der Waals surface area (Å²) in [7, 11) is -3.00. The van der Waals surface area contributed by atoms with E-state index in [0.717, 1.165) is 32.7 Å². The molecule has 2 fully saturated rings. The van der Waals surface area contributed by atoms with E-state index in [1.165, 1.54) is 16.0 Å². The second-order valence-corrected chi connectivity index (χ2v) is 11.4. The Morgan fingerprint density at radius 3 is 2.25 bits per heavy atom. The van der Waals surface area contributed by atoms with Crippen LogP contribution in [0.25, 0.3) is 0 Å². The third kappa shape index (κ3) is 5.78. The highest BCUT2D eigenvalue weighted by Crippen LogP contribution is 2.22. The van der Waals surface area contributed by atoms with Crippen LogP contribution in [0.15, 0.2) is 24.3 Å². The molecule has 7 heteroatoms. The molecule has 1 atom stereocenters. The summed E-state index contributed by atoms with van der Waals surface area (Å²) >= 11 is 0. The van der Waals surface area contributed by atoms with Crippen LogP contribution in [-0.4, -0.2) is 64.1 Å². The van der Waals surface area contributed by atoms with Gasteiger partial charge in [0.05, 0.1) is 17.0 Å². The zero-order valence-corrected chi connectivity index (χ0v) is 18.2. The summed E-state index contributed by atoms with van der Waals surface area (Å²) in [5, 5.41) is 2.98. The number of hydrogen-bond acceptors (Lipinski definition) is 3. The number of carbonyl (C=O) groups is 1. The van der Waals surface area contributed by atoms with Crippen LogP contribution < -0.4 is 15.1 Å². The Morgan fingerprint density at radius 1 is 1.11 bits per heavy atom. The van der Waals surface area contributed by atoms with Gasteiger partial charge in [-0.05, 0) is 24.8 Å². The topological polar surface area (TPSA) is 72.1 Å². The SMILES string of the molecule is CC(C)c1ccc(C[NH+]2CC[NH+](CC(=O)N[C@@]3(C)CCS(=O)(=O)C3)CC2)cc1. The smallest absolute Gasteiger partial charge is 0.275 e. The van der Waals surface area contributed by atoms with E-state index in [1.54, 1.807) is 4.90 Å². The predicted octanol–water partition coefficient (Wildman–Crippen LogP) is -1.21. The van der Waals surface area contributed by atoms with Gasteiger partial charge in [0.2, 0.25) is 0 Å². The molecule has 0 aromatic heterocycles. The molecule has 2 saturated heterocycles. The van der Waals surface area contributed by atoms with Gasteiger partial charge in [0, 0.05) is 5.56 Å². The lowest BCUT2D eigenvalue weighted by atomic mass is 10.0. The van der Waals surface area contributed by atoms with Gasteiger partial charge in [-0.1, -0.05) is 38.1 Å². The van der Waals surface area contributed by atoms with Gasteiger partial charge in [-0.15, -0.1) is 0 Å². The maximum atomic E-state index is 12.4. The maximum absolute atomic E-state index is 12.4. The van der Waals surface area contributed by atoms with Crippen LogP contribution in [0.1, 0.15) is 44.2 Å². The first kappa shape index (κ1) is 21.3. The van der Waals surface area contributed by atoms with Gasteiger partial charge < -0.3 is 15.1 Å². The summed E-state index contributed by atoms with van der Waals surface area (Å²) < 4.78 is 23.4. The molecule has 3 rings (SSSR count). The van der Waals surface area contributed by atoms with Crippen LogP contribution in [0.3, 0.4) is 0 Å². The molecular formula is C21H35N3O3S+2. The van der Waals surface area contributed by atoms with E-state index in [-0.39, 0.29) is 17.4 Å². The summed E-state index contributed by atoms with van der Waals surface area (Å²) in [4.78, 5) is 15.3. The zero-order chi connectivity index (χ0) is 20.4. The standard InChI is InChI=1S/C21H33N3O3S/c1-17(2)19-6-4-18(5-7-19)14-23-9-11-24(12-10-23)15-20(25)22-21(3)8-13-28(26,27)16-21/h4-7,17H,8-16H2,1-3H3,(H,22,25)/p+2/t21-/m0/s1. The van der Waals surface area contributed by atoms with Crippen LogP contribution in [0, 0.1) is 0 Å². The van der Waals surface area contributed by atoms with Crippen molar-refractivity contribution in [2.45, 2.75) is 45.2 Å². The Morgan fingerprint density at radius 2 is 1.71 bits per heavy atom. The van der Waals surface area contributed by atoms with Gasteiger partial charge in [0.1, 0.15) is 32.7 Å². The minimum Gasteiger partial charge on any atom is -0.345 e. The van der Waals surface area contributed by atoms with E-state index in [4.69, 9.17) is 0 Å². The number of carbonyl (C=O) groups excluding carboxylic acids is 1. The quantitative estimate of drug-likeness (QED) is 0.552. The molecule has 2 heterocycles. The van der Waals surface area contributed by atoms with Gasteiger partial charge in [0.25, 0.3) is 5.91 Å². The summed E-state index contributed by atoms with van der Waals surface area (Å²) in [6.45, 7) is 11.8. The molecule has 0 unspecified atom stereocenters. The summed E-state index contributed by atoms with van der Waals surface area (Å²) in [6.07, 6.45) is 0.518. The highest BCUT2D eigenvalue weighted by Gasteiger charge is 2.40. The van der Waals surface area contributed by atoms with Crippen LogP contribution in [0.4, 0.5) is 0 Å². The number of piperazine rings is 1. The van der Waals surface area contributed by atoms with E-state index >= 15 is 0 Å². The predicted molar refractivity (Wildman–Crippen MR) is 110 cm³/mol. The number of amides is 1. The molecule has 1 aromatic rings. The van der Waals surface area contributed by atoms with Crippen molar-refractivity contribution in [1.82, 2.24) is 5.32 Å². The summed E-state index contributed by atoms with van der Waals surface area (Å²) in [5.74, 6) is 0.777. The van der Waals surface area contributed by atoms with E-state index in [0.29, 0.717) is 18.9 Å². The van der Waals surface area contributed by atoms with Gasteiger partial charge >= 0.3 is 0 Å². The molecule has 2 aliphatic heterocycles. The largest absolute Gasteiger partial charge is 0.345 e. The monoisotopic (exact) mass is 409 g/mol. The molecule has 28 heavy (non-hydrogen) atoms. The van der Waals surface area contributed by atoms with Crippen molar-refractivity contribution in [3.8, 4) is 0 Å². The van der Waals surface area contributed by atoms with Crippen LogP contribution in [-0.2, 0) is 21.2 Å². The van der Waals surface area contributed by atoms with E-state index < -0.39 is 15.4 Å². The van der Waals surface area contributed by atoms with Gasteiger partial charge in [0.15, 0.2) is 16.4 Å². The number of rotatable bonds is 6. The first-order valence-corrected chi connectivity index (χ1v) is 12.2. The number of nitrogens with one attached hydrogen (secondary N) is 3. The number of benzene rings is 1. The zero-order valence-electron chi connectivity index (χ0n) is 17.4. The Labute approximate surface area is 169 Å². The minimum atomic E-state index is -3.00. The summed E-state index contributed by atoms with van der Waals surface area (Å²) in [5.41, 5.74) is 2.16. The van der Waals surface area contributed by atoms with Gasteiger partial charge in [-0.2, -0.15) is 0 Å². The minimum absolute atomic E-state index is 0.0256. The van der Waals surface area contributed by atoms with Crippen molar-refractivity contribution in [3.63, 3.8) is 0 Å². The average molecular weight is 410 g/mol. The molecule has 3 N–H and O–H groups in total.